The first-order chi connectivity index (χ1) is 17.3. The third-order valence-electron chi connectivity index (χ3n) is 7.08. The summed E-state index contributed by atoms with van der Waals surface area (Å²) in [4.78, 5) is 30.0. The first kappa shape index (κ1) is 26.0. The highest BCUT2D eigenvalue weighted by molar-refractivity contribution is 7.92. The number of carbonyl (C=O) groups is 2. The average molecular weight is 514 g/mol. The fraction of sp³-hybridized carbons (Fsp3) is 0.481. The van der Waals surface area contributed by atoms with Crippen molar-refractivity contribution in [3.8, 4) is 5.75 Å². The Labute approximate surface area is 213 Å². The molecule has 8 nitrogen and oxygen atoms in total. The number of anilines is 1. The molecule has 36 heavy (non-hydrogen) atoms. The quantitative estimate of drug-likeness (QED) is 0.618. The van der Waals surface area contributed by atoms with Gasteiger partial charge in [-0.2, -0.15) is 0 Å². The summed E-state index contributed by atoms with van der Waals surface area (Å²) in [6.07, 6.45) is 5.89. The van der Waals surface area contributed by atoms with Crippen molar-refractivity contribution < 1.29 is 22.7 Å². The molecule has 2 fully saturated rings. The third kappa shape index (κ3) is 5.83. The molecular weight excluding hydrogens is 478 g/mol. The second-order valence-electron chi connectivity index (χ2n) is 9.69. The molecule has 0 aliphatic carbocycles. The van der Waals surface area contributed by atoms with Crippen LogP contribution in [0.15, 0.2) is 47.4 Å². The highest BCUT2D eigenvalue weighted by Crippen LogP contribution is 2.28. The number of hydrogen-bond acceptors (Lipinski definition) is 5. The molecule has 2 amide bonds. The number of piperidine rings is 1. The van der Waals surface area contributed by atoms with Crippen LogP contribution in [-0.4, -0.2) is 63.3 Å². The number of amides is 2. The predicted octanol–water partition coefficient (Wildman–Crippen LogP) is 4.38. The first-order valence-electron chi connectivity index (χ1n) is 12.7. The number of sulfonamides is 1. The van der Waals surface area contributed by atoms with Gasteiger partial charge in [0.1, 0.15) is 5.75 Å². The van der Waals surface area contributed by atoms with E-state index in [1.165, 1.54) is 25.3 Å². The van der Waals surface area contributed by atoms with E-state index in [-0.39, 0.29) is 28.0 Å². The number of nitrogens with one attached hydrogen (secondary N) is 1. The highest BCUT2D eigenvalue weighted by atomic mass is 32.2. The van der Waals surface area contributed by atoms with E-state index in [4.69, 9.17) is 4.74 Å². The number of likely N-dealkylation sites (tertiary alicyclic amines) is 2. The van der Waals surface area contributed by atoms with Crippen LogP contribution < -0.4 is 9.46 Å². The zero-order valence-electron chi connectivity index (χ0n) is 21.0. The maximum atomic E-state index is 13.4. The Hall–Kier alpha value is -3.07. The number of methoxy groups -OCH3 is 1. The molecule has 2 heterocycles. The normalized spacial score (nSPS) is 17.4. The van der Waals surface area contributed by atoms with Crippen LogP contribution in [-0.2, 0) is 10.0 Å². The maximum Gasteiger partial charge on any atom is 0.261 e. The van der Waals surface area contributed by atoms with Gasteiger partial charge in [-0.15, -0.1) is 0 Å². The van der Waals surface area contributed by atoms with Crippen LogP contribution in [0.25, 0.3) is 0 Å². The molecule has 2 aromatic rings. The summed E-state index contributed by atoms with van der Waals surface area (Å²) in [5.41, 5.74) is 0.750. The Morgan fingerprint density at radius 2 is 1.47 bits per heavy atom. The topological polar surface area (TPSA) is 96.0 Å². The molecule has 2 saturated heterocycles. The average Bonchev–Trinajstić information content (AvgIpc) is 3.18. The Balaban J connectivity index is 1.60. The van der Waals surface area contributed by atoms with Gasteiger partial charge in [-0.25, -0.2) is 8.42 Å². The standard InChI is InChI=1S/C27H35N3O5S/c1-20-13-17-30(18-14-20)27(32)23-19-21(11-12-25(23)35-2)36(33,34)28-24-10-6-5-9-22(24)26(31)29-15-7-3-4-8-16-29/h5-6,9-12,19-20,28H,3-4,7-8,13-18H2,1-2H3. The number of rotatable bonds is 6. The molecule has 0 bridgehead atoms. The second kappa shape index (κ2) is 11.3. The molecule has 1 N–H and O–H groups in total. The summed E-state index contributed by atoms with van der Waals surface area (Å²) in [7, 11) is -2.61. The Morgan fingerprint density at radius 3 is 2.14 bits per heavy atom. The van der Waals surface area contributed by atoms with Gasteiger partial charge >= 0.3 is 0 Å². The van der Waals surface area contributed by atoms with Crippen molar-refractivity contribution in [2.75, 3.05) is 38.0 Å². The van der Waals surface area contributed by atoms with E-state index in [1.807, 2.05) is 0 Å². The van der Waals surface area contributed by atoms with Crippen molar-refractivity contribution >= 4 is 27.5 Å². The molecule has 194 valence electrons. The number of benzene rings is 2. The minimum absolute atomic E-state index is 0.0611. The minimum Gasteiger partial charge on any atom is -0.496 e. The largest absolute Gasteiger partial charge is 0.496 e. The molecule has 0 atom stereocenters. The van der Waals surface area contributed by atoms with Crippen LogP contribution in [0.5, 0.6) is 5.75 Å². The van der Waals surface area contributed by atoms with E-state index in [2.05, 4.69) is 11.6 Å². The third-order valence-corrected chi connectivity index (χ3v) is 8.44. The molecule has 2 aliphatic rings. The fourth-order valence-electron chi connectivity index (χ4n) is 4.81. The van der Waals surface area contributed by atoms with Crippen LogP contribution in [0.3, 0.4) is 0 Å². The minimum atomic E-state index is -4.07. The van der Waals surface area contributed by atoms with Crippen LogP contribution in [0, 0.1) is 5.92 Å². The summed E-state index contributed by atoms with van der Waals surface area (Å²) in [6.45, 7) is 4.75. The van der Waals surface area contributed by atoms with Crippen molar-refractivity contribution in [1.29, 1.82) is 0 Å². The van der Waals surface area contributed by atoms with Gasteiger partial charge < -0.3 is 14.5 Å². The molecule has 2 aliphatic heterocycles. The van der Waals surface area contributed by atoms with Crippen molar-refractivity contribution in [3.05, 3.63) is 53.6 Å². The smallest absolute Gasteiger partial charge is 0.261 e. The van der Waals surface area contributed by atoms with Gasteiger partial charge in [-0.05, 0) is 61.9 Å². The molecule has 0 saturated carbocycles. The monoisotopic (exact) mass is 513 g/mol. The van der Waals surface area contributed by atoms with Gasteiger partial charge in [0.05, 0.1) is 28.8 Å². The van der Waals surface area contributed by atoms with Crippen molar-refractivity contribution in [2.24, 2.45) is 5.92 Å². The maximum absolute atomic E-state index is 13.4. The van der Waals surface area contributed by atoms with Gasteiger partial charge in [-0.1, -0.05) is 31.9 Å². The predicted molar refractivity (Wildman–Crippen MR) is 139 cm³/mol. The molecular formula is C27H35N3O5S. The lowest BCUT2D eigenvalue weighted by Gasteiger charge is -2.30. The van der Waals surface area contributed by atoms with Gasteiger partial charge in [0.15, 0.2) is 0 Å². The van der Waals surface area contributed by atoms with Crippen molar-refractivity contribution in [1.82, 2.24) is 9.80 Å². The molecule has 0 aromatic heterocycles. The zero-order chi connectivity index (χ0) is 25.7. The number of ether oxygens (including phenoxy) is 1. The molecule has 0 unspecified atom stereocenters. The van der Waals surface area contributed by atoms with E-state index in [0.29, 0.717) is 43.4 Å². The summed E-state index contributed by atoms with van der Waals surface area (Å²) in [6, 6.07) is 10.9. The molecule has 2 aromatic carbocycles. The Bertz CT molecular complexity index is 1200. The van der Waals surface area contributed by atoms with E-state index in [1.54, 1.807) is 34.1 Å². The van der Waals surface area contributed by atoms with Crippen LogP contribution >= 0.6 is 0 Å². The first-order valence-corrected chi connectivity index (χ1v) is 14.2. The Morgan fingerprint density at radius 1 is 0.861 bits per heavy atom. The lowest BCUT2D eigenvalue weighted by Crippen LogP contribution is -2.38. The van der Waals surface area contributed by atoms with Crippen LogP contribution in [0.1, 0.15) is 66.2 Å². The number of para-hydroxylation sites is 1. The van der Waals surface area contributed by atoms with Gasteiger partial charge in [0, 0.05) is 26.2 Å². The van der Waals surface area contributed by atoms with Crippen LogP contribution in [0.2, 0.25) is 0 Å². The summed E-state index contributed by atoms with van der Waals surface area (Å²) in [5, 5.41) is 0. The zero-order valence-corrected chi connectivity index (χ0v) is 21.9. The molecule has 4 rings (SSSR count). The lowest BCUT2D eigenvalue weighted by atomic mass is 9.98. The number of nitrogens with zero attached hydrogens (tertiary/aromatic N) is 2. The van der Waals surface area contributed by atoms with Gasteiger partial charge in [0.2, 0.25) is 0 Å². The number of carbonyl (C=O) groups excluding carboxylic acids is 2. The van der Waals surface area contributed by atoms with Gasteiger partial charge in [-0.3, -0.25) is 14.3 Å². The van der Waals surface area contributed by atoms with E-state index in [9.17, 15) is 18.0 Å². The summed E-state index contributed by atoms with van der Waals surface area (Å²) < 4.78 is 34.8. The summed E-state index contributed by atoms with van der Waals surface area (Å²) in [5.74, 6) is 0.464. The fourth-order valence-corrected chi connectivity index (χ4v) is 5.92. The number of hydrogen-bond donors (Lipinski definition) is 1. The highest BCUT2D eigenvalue weighted by Gasteiger charge is 2.27. The van der Waals surface area contributed by atoms with E-state index in [0.717, 1.165) is 38.5 Å². The van der Waals surface area contributed by atoms with E-state index < -0.39 is 10.0 Å². The van der Waals surface area contributed by atoms with Crippen LogP contribution in [0.4, 0.5) is 5.69 Å². The SMILES string of the molecule is COc1ccc(S(=O)(=O)Nc2ccccc2C(=O)N2CCCCCC2)cc1C(=O)N1CCC(C)CC1. The molecule has 0 radical (unpaired) electrons. The summed E-state index contributed by atoms with van der Waals surface area (Å²) >= 11 is 0. The lowest BCUT2D eigenvalue weighted by molar-refractivity contribution is 0.0692. The van der Waals surface area contributed by atoms with Crippen molar-refractivity contribution in [2.45, 2.75) is 50.3 Å². The molecule has 9 heteroatoms. The van der Waals surface area contributed by atoms with E-state index >= 15 is 0 Å². The molecule has 0 spiro atoms. The van der Waals surface area contributed by atoms with Gasteiger partial charge in [0.25, 0.3) is 21.8 Å². The Kier molecular flexibility index (Phi) is 8.18. The second-order valence-corrected chi connectivity index (χ2v) is 11.4. The van der Waals surface area contributed by atoms with Crippen molar-refractivity contribution in [3.63, 3.8) is 0 Å².